The normalized spacial score (nSPS) is 24.0. The third-order valence-electron chi connectivity index (χ3n) is 9.86. The highest BCUT2D eigenvalue weighted by atomic mass is 32.2. The first-order valence-electron chi connectivity index (χ1n) is 16.7. The molecule has 12 heteroatoms. The summed E-state index contributed by atoms with van der Waals surface area (Å²) in [4.78, 5) is 40.1. The van der Waals surface area contributed by atoms with Crippen molar-refractivity contribution < 1.29 is 27.9 Å². The predicted molar refractivity (Wildman–Crippen MR) is 182 cm³/mol. The number of anilines is 1. The lowest BCUT2D eigenvalue weighted by Gasteiger charge is -2.60. The van der Waals surface area contributed by atoms with E-state index in [0.29, 0.717) is 31.5 Å². The summed E-state index contributed by atoms with van der Waals surface area (Å²) in [5.41, 5.74) is 2.94. The molecule has 3 heterocycles. The molecule has 3 aromatic rings. The molecule has 256 valence electrons. The van der Waals surface area contributed by atoms with Crippen molar-refractivity contribution in [1.82, 2.24) is 19.8 Å². The summed E-state index contributed by atoms with van der Waals surface area (Å²) in [5.74, 6) is -0.524. The van der Waals surface area contributed by atoms with Gasteiger partial charge in [-0.1, -0.05) is 45.0 Å². The Hall–Kier alpha value is -4.03. The molecule has 0 unspecified atom stereocenters. The number of benzene rings is 2. The van der Waals surface area contributed by atoms with Gasteiger partial charge in [-0.2, -0.15) is 4.98 Å². The molecule has 3 aliphatic rings. The Morgan fingerprint density at radius 3 is 2.46 bits per heavy atom. The largest absolute Gasteiger partial charge is 0.475 e. The molecule has 1 atom stereocenters. The number of amides is 2. The Labute approximate surface area is 282 Å². The van der Waals surface area contributed by atoms with Crippen LogP contribution in [0.2, 0.25) is 0 Å². The van der Waals surface area contributed by atoms with Gasteiger partial charge >= 0.3 is 0 Å². The number of nitrogens with zero attached hydrogens (tertiary/aromatic N) is 4. The molecule has 2 amide bonds. The van der Waals surface area contributed by atoms with Crippen LogP contribution in [-0.4, -0.2) is 82.5 Å². The molecule has 1 aromatic heterocycles. The Bertz CT molecular complexity index is 1810. The number of aliphatic hydroxyl groups is 1. The minimum atomic E-state index is -4.18. The number of aliphatic hydroxyl groups excluding tert-OH is 1. The molecule has 1 saturated carbocycles. The molecule has 2 aliphatic heterocycles. The van der Waals surface area contributed by atoms with Crippen molar-refractivity contribution in [3.63, 3.8) is 0 Å². The van der Waals surface area contributed by atoms with E-state index < -0.39 is 28.2 Å². The summed E-state index contributed by atoms with van der Waals surface area (Å²) in [5, 5.41) is 9.73. The molecule has 48 heavy (non-hydrogen) atoms. The zero-order valence-electron chi connectivity index (χ0n) is 28.3. The van der Waals surface area contributed by atoms with Gasteiger partial charge < -0.3 is 19.6 Å². The van der Waals surface area contributed by atoms with E-state index in [0.717, 1.165) is 36.0 Å². The van der Waals surface area contributed by atoms with Gasteiger partial charge in [-0.05, 0) is 87.1 Å². The number of hydrogen-bond acceptors (Lipinski definition) is 8. The first kappa shape index (κ1) is 33.9. The van der Waals surface area contributed by atoms with Gasteiger partial charge in [-0.15, -0.1) is 0 Å². The molecule has 1 aliphatic carbocycles. The highest BCUT2D eigenvalue weighted by molar-refractivity contribution is 7.92. The van der Waals surface area contributed by atoms with Crippen LogP contribution in [0.3, 0.4) is 0 Å². The van der Waals surface area contributed by atoms with Crippen molar-refractivity contribution in [2.75, 3.05) is 24.5 Å². The van der Waals surface area contributed by atoms with Crippen LogP contribution in [0, 0.1) is 19.3 Å². The maximum absolute atomic E-state index is 14.6. The lowest BCUT2D eigenvalue weighted by molar-refractivity contribution is -0.153. The van der Waals surface area contributed by atoms with Crippen LogP contribution in [0.25, 0.3) is 11.3 Å². The number of sulfonamides is 1. The molecule has 11 nitrogen and oxygen atoms in total. The summed E-state index contributed by atoms with van der Waals surface area (Å²) < 4.78 is 36.4. The molecule has 1 saturated heterocycles. The average Bonchev–Trinajstić information content (AvgIpc) is 3.01. The average molecular weight is 676 g/mol. The van der Waals surface area contributed by atoms with E-state index in [4.69, 9.17) is 4.74 Å². The lowest BCUT2D eigenvalue weighted by atomic mass is 9.65. The van der Waals surface area contributed by atoms with E-state index >= 15 is 0 Å². The van der Waals surface area contributed by atoms with Crippen molar-refractivity contribution >= 4 is 27.8 Å². The highest BCUT2D eigenvalue weighted by Gasteiger charge is 2.54. The van der Waals surface area contributed by atoms with Gasteiger partial charge in [0.25, 0.3) is 15.9 Å². The van der Waals surface area contributed by atoms with Gasteiger partial charge in [-0.25, -0.2) is 18.1 Å². The van der Waals surface area contributed by atoms with E-state index in [1.165, 1.54) is 12.1 Å². The quantitative estimate of drug-likeness (QED) is 0.389. The first-order valence-corrected chi connectivity index (χ1v) is 18.1. The van der Waals surface area contributed by atoms with Gasteiger partial charge in [-0.3, -0.25) is 9.59 Å². The molecule has 2 fully saturated rings. The van der Waals surface area contributed by atoms with Crippen molar-refractivity contribution in [1.29, 1.82) is 0 Å². The van der Waals surface area contributed by atoms with Gasteiger partial charge in [0.2, 0.25) is 17.7 Å². The van der Waals surface area contributed by atoms with Crippen LogP contribution in [-0.2, 0) is 14.8 Å². The number of carbonyl (C=O) groups excluding carboxylic acids is 2. The Balaban J connectivity index is 1.46. The number of hydrogen-bond donors (Lipinski definition) is 2. The number of likely N-dealkylation sites (tertiary alicyclic amines) is 1. The maximum Gasteiger partial charge on any atom is 0.264 e. The molecule has 2 aromatic carbocycles. The topological polar surface area (TPSA) is 142 Å². The van der Waals surface area contributed by atoms with Crippen LogP contribution in [0.15, 0.2) is 53.4 Å². The van der Waals surface area contributed by atoms with Gasteiger partial charge in [0.15, 0.2) is 0 Å². The fraction of sp³-hybridized carbons (Fsp3) is 0.500. The monoisotopic (exact) mass is 675 g/mol. The fourth-order valence-corrected chi connectivity index (χ4v) is 8.77. The van der Waals surface area contributed by atoms with Gasteiger partial charge in [0.05, 0.1) is 16.6 Å². The molecule has 4 bridgehead atoms. The van der Waals surface area contributed by atoms with E-state index in [1.807, 2.05) is 41.8 Å². The maximum atomic E-state index is 14.6. The van der Waals surface area contributed by atoms with Crippen LogP contribution < -0.4 is 9.46 Å². The van der Waals surface area contributed by atoms with Crippen LogP contribution in [0.1, 0.15) is 80.8 Å². The Morgan fingerprint density at radius 1 is 1.06 bits per heavy atom. The second kappa shape index (κ2) is 12.8. The lowest BCUT2D eigenvalue weighted by Crippen LogP contribution is -2.68. The number of ether oxygens (including phenoxy) is 1. The number of nitrogens with one attached hydrogen (secondary N) is 1. The van der Waals surface area contributed by atoms with E-state index in [2.05, 4.69) is 35.5 Å². The van der Waals surface area contributed by atoms with Crippen LogP contribution in [0.4, 0.5) is 5.95 Å². The predicted octanol–water partition coefficient (Wildman–Crippen LogP) is 5.11. The summed E-state index contributed by atoms with van der Waals surface area (Å²) in [6.07, 6.45) is 4.39. The first-order chi connectivity index (χ1) is 22.7. The molecule has 1 spiro atoms. The number of rotatable bonds is 4. The summed E-state index contributed by atoms with van der Waals surface area (Å²) in [6.45, 7) is 10.4. The number of carbonyl (C=O) groups is 2. The Kier molecular flexibility index (Phi) is 9.01. The molecule has 6 rings (SSSR count). The molecular formula is C36H45N5O6S. The van der Waals surface area contributed by atoms with Gasteiger partial charge in [0, 0.05) is 35.3 Å². The van der Waals surface area contributed by atoms with E-state index in [-0.39, 0.29) is 52.2 Å². The van der Waals surface area contributed by atoms with E-state index in [1.54, 1.807) is 18.2 Å². The second-order valence-corrected chi connectivity index (χ2v) is 16.4. The third-order valence-corrected chi connectivity index (χ3v) is 11.2. The summed E-state index contributed by atoms with van der Waals surface area (Å²) in [6, 6.07) is 13.0. The third kappa shape index (κ3) is 6.64. The second-order valence-electron chi connectivity index (χ2n) is 14.7. The van der Waals surface area contributed by atoms with E-state index in [9.17, 15) is 23.1 Å². The molecule has 2 N–H and O–H groups in total. The zero-order valence-corrected chi connectivity index (χ0v) is 29.1. The van der Waals surface area contributed by atoms with Crippen LogP contribution >= 0.6 is 0 Å². The SMILES string of the molecule is Cc1cccc(C)c1-c1cc2nc(n1)NS(=O)(=O)c1cccc(c1)C(=O)N([C@H]1C[C@@]3(CCCCN3C(=O)CO)C1)[C@H](CC(C)(C)C)CO2. The minimum absolute atomic E-state index is 0.0828. The minimum Gasteiger partial charge on any atom is -0.475 e. The summed E-state index contributed by atoms with van der Waals surface area (Å²) >= 11 is 0. The van der Waals surface area contributed by atoms with Crippen molar-refractivity contribution in [3.05, 3.63) is 65.2 Å². The van der Waals surface area contributed by atoms with Crippen molar-refractivity contribution in [2.24, 2.45) is 5.41 Å². The highest BCUT2D eigenvalue weighted by Crippen LogP contribution is 2.48. The standard InChI is InChI=1S/C36H45N5O6S/c1-23-10-8-11-24(2)32(23)29-17-30-38-34(37-29)39-48(45,46)28-13-9-12-25(16-28)33(44)41(27(22-47-30)18-35(3,4)5)26-19-36(20-26)14-6-7-15-40(36)31(43)21-42/h8-13,16-17,26-27,42H,6-7,14-15,18-22H2,1-5H3,(H,37,38,39)/t26-,27-,36-/m1/s1. The zero-order chi connectivity index (χ0) is 34.4. The number of aryl methyl sites for hydroxylation is 2. The molecule has 0 radical (unpaired) electrons. The molecular weight excluding hydrogens is 630 g/mol. The van der Waals surface area contributed by atoms with Crippen molar-refractivity contribution in [3.8, 4) is 17.1 Å². The number of piperidine rings is 1. The smallest absolute Gasteiger partial charge is 0.264 e. The summed E-state index contributed by atoms with van der Waals surface area (Å²) in [7, 11) is -4.18. The number of aromatic nitrogens is 2. The van der Waals surface area contributed by atoms with Crippen molar-refractivity contribution in [2.45, 2.75) is 95.7 Å². The van der Waals surface area contributed by atoms with Gasteiger partial charge in [0.1, 0.15) is 13.2 Å². The fourth-order valence-electron chi connectivity index (χ4n) is 7.78. The van der Waals surface area contributed by atoms with Crippen LogP contribution in [0.5, 0.6) is 5.88 Å². The Morgan fingerprint density at radius 2 is 1.77 bits per heavy atom. The number of fused-ring (bicyclic) bond motifs is 4.